The highest BCUT2D eigenvalue weighted by Gasteiger charge is 2.15. The molecule has 0 radical (unpaired) electrons. The van der Waals surface area contributed by atoms with Crippen LogP contribution in [0, 0.1) is 0 Å². The normalized spacial score (nSPS) is 15.2. The van der Waals surface area contributed by atoms with Crippen molar-refractivity contribution >= 4 is 22.9 Å². The van der Waals surface area contributed by atoms with Gasteiger partial charge in [0.25, 0.3) is 0 Å². The first-order chi connectivity index (χ1) is 7.17. The molecule has 86 valence electrons. The van der Waals surface area contributed by atoms with Crippen molar-refractivity contribution in [1.82, 2.24) is 0 Å². The zero-order valence-electron chi connectivity index (χ0n) is 8.90. The number of thiophene rings is 1. The van der Waals surface area contributed by atoms with Gasteiger partial charge in [-0.25, -0.2) is 0 Å². The van der Waals surface area contributed by atoms with Crippen LogP contribution in [0.5, 0.6) is 0 Å². The van der Waals surface area contributed by atoms with Gasteiger partial charge in [-0.05, 0) is 19.1 Å². The highest BCUT2D eigenvalue weighted by molar-refractivity contribution is 7.16. The average Bonchev–Trinajstić information content (AvgIpc) is 2.61. The van der Waals surface area contributed by atoms with Crippen molar-refractivity contribution in [3.05, 3.63) is 21.3 Å². The van der Waals surface area contributed by atoms with Gasteiger partial charge in [-0.3, -0.25) is 0 Å². The summed E-state index contributed by atoms with van der Waals surface area (Å²) in [6, 6.07) is 3.80. The van der Waals surface area contributed by atoms with Crippen LogP contribution in [0.15, 0.2) is 12.1 Å². The molecule has 5 heteroatoms. The molecule has 2 unspecified atom stereocenters. The van der Waals surface area contributed by atoms with Crippen LogP contribution in [0.1, 0.15) is 17.9 Å². The zero-order chi connectivity index (χ0) is 11.3. The van der Waals surface area contributed by atoms with Crippen LogP contribution < -0.4 is 5.73 Å². The van der Waals surface area contributed by atoms with E-state index in [2.05, 4.69) is 0 Å². The van der Waals surface area contributed by atoms with Crippen LogP contribution >= 0.6 is 22.9 Å². The molecule has 0 saturated heterocycles. The van der Waals surface area contributed by atoms with E-state index >= 15 is 0 Å². The number of hydrogen-bond donors (Lipinski definition) is 1. The van der Waals surface area contributed by atoms with Crippen LogP contribution in [-0.2, 0) is 9.47 Å². The largest absolute Gasteiger partial charge is 0.382 e. The maximum absolute atomic E-state index is 5.86. The van der Waals surface area contributed by atoms with E-state index in [0.29, 0.717) is 13.2 Å². The first-order valence-corrected chi connectivity index (χ1v) is 5.96. The van der Waals surface area contributed by atoms with E-state index in [-0.39, 0.29) is 12.2 Å². The summed E-state index contributed by atoms with van der Waals surface area (Å²) in [5.41, 5.74) is 5.66. The standard InChI is InChI=1S/C10H16ClNO2S/c1-7(6-13-2)14-8(5-12)9-3-4-10(11)15-9/h3-4,7-8H,5-6,12H2,1-2H3. The maximum atomic E-state index is 5.86. The molecule has 0 bridgehead atoms. The Morgan fingerprint density at radius 1 is 1.53 bits per heavy atom. The maximum Gasteiger partial charge on any atom is 0.104 e. The van der Waals surface area contributed by atoms with Gasteiger partial charge in [0.1, 0.15) is 6.10 Å². The third-order valence-electron chi connectivity index (χ3n) is 1.92. The van der Waals surface area contributed by atoms with E-state index in [1.165, 1.54) is 11.3 Å². The molecular weight excluding hydrogens is 234 g/mol. The fraction of sp³-hybridized carbons (Fsp3) is 0.600. The number of halogens is 1. The van der Waals surface area contributed by atoms with E-state index in [1.54, 1.807) is 7.11 Å². The molecule has 0 spiro atoms. The van der Waals surface area contributed by atoms with Crippen LogP contribution in [0.2, 0.25) is 4.34 Å². The molecule has 2 atom stereocenters. The topological polar surface area (TPSA) is 44.5 Å². The molecule has 0 saturated carbocycles. The summed E-state index contributed by atoms with van der Waals surface area (Å²) in [7, 11) is 1.65. The van der Waals surface area contributed by atoms with E-state index < -0.39 is 0 Å². The Hall–Kier alpha value is -0.130. The SMILES string of the molecule is COCC(C)OC(CN)c1ccc(Cl)s1. The average molecular weight is 250 g/mol. The van der Waals surface area contributed by atoms with Gasteiger partial charge in [0.15, 0.2) is 0 Å². The monoisotopic (exact) mass is 249 g/mol. The Kier molecular flexibility index (Phi) is 5.56. The molecule has 0 aliphatic carbocycles. The molecule has 1 heterocycles. The predicted octanol–water partition coefficient (Wildman–Crippen LogP) is 2.45. The van der Waals surface area contributed by atoms with Crippen LogP contribution in [-0.4, -0.2) is 26.4 Å². The van der Waals surface area contributed by atoms with Crippen molar-refractivity contribution < 1.29 is 9.47 Å². The highest BCUT2D eigenvalue weighted by atomic mass is 35.5. The molecule has 1 rings (SSSR count). The van der Waals surface area contributed by atoms with Gasteiger partial charge >= 0.3 is 0 Å². The van der Waals surface area contributed by atoms with Crippen LogP contribution in [0.25, 0.3) is 0 Å². The summed E-state index contributed by atoms with van der Waals surface area (Å²) in [6.45, 7) is 2.97. The Morgan fingerprint density at radius 2 is 2.27 bits per heavy atom. The molecule has 0 amide bonds. The molecule has 1 aromatic rings. The minimum atomic E-state index is -0.0901. The zero-order valence-corrected chi connectivity index (χ0v) is 10.5. The van der Waals surface area contributed by atoms with Crippen LogP contribution in [0.3, 0.4) is 0 Å². The van der Waals surface area contributed by atoms with Crippen molar-refractivity contribution in [3.63, 3.8) is 0 Å². The molecular formula is C10H16ClNO2S. The van der Waals surface area contributed by atoms with Gasteiger partial charge in [-0.15, -0.1) is 11.3 Å². The summed E-state index contributed by atoms with van der Waals surface area (Å²) < 4.78 is 11.5. The highest BCUT2D eigenvalue weighted by Crippen LogP contribution is 2.29. The number of ether oxygens (including phenoxy) is 2. The first-order valence-electron chi connectivity index (χ1n) is 4.77. The van der Waals surface area contributed by atoms with Crippen LogP contribution in [0.4, 0.5) is 0 Å². The second-order valence-electron chi connectivity index (χ2n) is 3.27. The summed E-state index contributed by atoms with van der Waals surface area (Å²) in [5, 5.41) is 0. The summed E-state index contributed by atoms with van der Waals surface area (Å²) in [6.07, 6.45) is -0.0583. The first kappa shape index (κ1) is 12.9. The molecule has 0 aliphatic rings. The number of nitrogens with two attached hydrogens (primary N) is 1. The van der Waals surface area contributed by atoms with E-state index in [1.807, 2.05) is 19.1 Å². The summed E-state index contributed by atoms with van der Waals surface area (Å²) >= 11 is 7.36. The minimum Gasteiger partial charge on any atom is -0.382 e. The van der Waals surface area contributed by atoms with E-state index in [0.717, 1.165) is 9.21 Å². The number of hydrogen-bond acceptors (Lipinski definition) is 4. The molecule has 3 nitrogen and oxygen atoms in total. The van der Waals surface area contributed by atoms with Gasteiger partial charge in [-0.1, -0.05) is 11.6 Å². The fourth-order valence-corrected chi connectivity index (χ4v) is 2.41. The molecule has 1 aromatic heterocycles. The fourth-order valence-electron chi connectivity index (χ4n) is 1.29. The number of methoxy groups -OCH3 is 1. The van der Waals surface area contributed by atoms with Crippen molar-refractivity contribution in [2.24, 2.45) is 5.73 Å². The van der Waals surface area contributed by atoms with Gasteiger partial charge in [0.2, 0.25) is 0 Å². The molecule has 15 heavy (non-hydrogen) atoms. The lowest BCUT2D eigenvalue weighted by molar-refractivity contribution is -0.0348. The van der Waals surface area contributed by atoms with Gasteiger partial charge in [0.05, 0.1) is 17.0 Å². The van der Waals surface area contributed by atoms with Crippen molar-refractivity contribution in [1.29, 1.82) is 0 Å². The minimum absolute atomic E-state index is 0.0319. The molecule has 2 N–H and O–H groups in total. The van der Waals surface area contributed by atoms with Crippen molar-refractivity contribution in [3.8, 4) is 0 Å². The lowest BCUT2D eigenvalue weighted by atomic mass is 10.3. The predicted molar refractivity (Wildman–Crippen MR) is 63.5 cm³/mol. The lowest BCUT2D eigenvalue weighted by Gasteiger charge is -2.19. The smallest absolute Gasteiger partial charge is 0.104 e. The van der Waals surface area contributed by atoms with Crippen molar-refractivity contribution in [2.75, 3.05) is 20.3 Å². The molecule has 0 aromatic carbocycles. The van der Waals surface area contributed by atoms with Crippen molar-refractivity contribution in [2.45, 2.75) is 19.1 Å². The molecule has 0 fully saturated rings. The third kappa shape index (κ3) is 4.09. The third-order valence-corrected chi connectivity index (χ3v) is 3.25. The Balaban J connectivity index is 2.56. The number of rotatable bonds is 6. The van der Waals surface area contributed by atoms with Gasteiger partial charge < -0.3 is 15.2 Å². The summed E-state index contributed by atoms with van der Waals surface area (Å²) in [4.78, 5) is 1.06. The van der Waals surface area contributed by atoms with Gasteiger partial charge in [0, 0.05) is 18.5 Å². The Bertz CT molecular complexity index is 293. The Labute approximate surface area is 99.1 Å². The van der Waals surface area contributed by atoms with E-state index in [4.69, 9.17) is 26.8 Å². The Morgan fingerprint density at radius 3 is 2.73 bits per heavy atom. The van der Waals surface area contributed by atoms with E-state index in [9.17, 15) is 0 Å². The second kappa shape index (κ2) is 6.45. The second-order valence-corrected chi connectivity index (χ2v) is 5.01. The summed E-state index contributed by atoms with van der Waals surface area (Å²) in [5.74, 6) is 0. The quantitative estimate of drug-likeness (QED) is 0.842. The lowest BCUT2D eigenvalue weighted by Crippen LogP contribution is -2.23. The van der Waals surface area contributed by atoms with Gasteiger partial charge in [-0.2, -0.15) is 0 Å². The molecule has 0 aliphatic heterocycles.